The van der Waals surface area contributed by atoms with Gasteiger partial charge < -0.3 is 10.8 Å². The summed E-state index contributed by atoms with van der Waals surface area (Å²) in [6, 6.07) is 5.14. The van der Waals surface area contributed by atoms with E-state index in [2.05, 4.69) is 0 Å². The summed E-state index contributed by atoms with van der Waals surface area (Å²) >= 11 is 0. The van der Waals surface area contributed by atoms with E-state index < -0.39 is 5.97 Å². The highest BCUT2D eigenvalue weighted by Crippen LogP contribution is 2.25. The lowest BCUT2D eigenvalue weighted by Crippen LogP contribution is -2.13. The maximum atomic E-state index is 10.8. The molecule has 0 atom stereocenters. The molecule has 0 heterocycles. The maximum absolute atomic E-state index is 10.8. The minimum atomic E-state index is -0.978. The SMILES string of the molecule is CC(C)(C)c1ccc(N)c(C(=O)O)c1. The molecule has 0 spiro atoms. The smallest absolute Gasteiger partial charge is 0.337 e. The summed E-state index contributed by atoms with van der Waals surface area (Å²) in [6.07, 6.45) is 0. The van der Waals surface area contributed by atoms with Gasteiger partial charge in [0.05, 0.1) is 5.56 Å². The van der Waals surface area contributed by atoms with Gasteiger partial charge in [-0.1, -0.05) is 26.8 Å². The molecular formula is C11H15NO2. The van der Waals surface area contributed by atoms with E-state index in [9.17, 15) is 4.79 Å². The lowest BCUT2D eigenvalue weighted by molar-refractivity contribution is 0.0698. The normalized spacial score (nSPS) is 11.4. The van der Waals surface area contributed by atoms with Gasteiger partial charge in [-0.15, -0.1) is 0 Å². The predicted molar refractivity (Wildman–Crippen MR) is 56.5 cm³/mol. The molecular weight excluding hydrogens is 178 g/mol. The molecule has 0 aromatic heterocycles. The van der Waals surface area contributed by atoms with Gasteiger partial charge in [0.2, 0.25) is 0 Å². The Hall–Kier alpha value is -1.51. The molecule has 1 aromatic rings. The van der Waals surface area contributed by atoms with Crippen molar-refractivity contribution in [2.45, 2.75) is 26.2 Å². The highest BCUT2D eigenvalue weighted by molar-refractivity contribution is 5.93. The Labute approximate surface area is 83.6 Å². The lowest BCUT2D eigenvalue weighted by atomic mass is 9.86. The number of carboxylic acids is 1. The first-order valence-corrected chi connectivity index (χ1v) is 4.45. The van der Waals surface area contributed by atoms with Crippen LogP contribution < -0.4 is 5.73 Å². The van der Waals surface area contributed by atoms with Gasteiger partial charge in [0.25, 0.3) is 0 Å². The average molecular weight is 193 g/mol. The highest BCUT2D eigenvalue weighted by atomic mass is 16.4. The van der Waals surface area contributed by atoms with Gasteiger partial charge in [0, 0.05) is 5.69 Å². The third-order valence-electron chi connectivity index (χ3n) is 2.15. The number of hydrogen-bond donors (Lipinski definition) is 2. The predicted octanol–water partition coefficient (Wildman–Crippen LogP) is 2.26. The molecule has 0 radical (unpaired) electrons. The quantitative estimate of drug-likeness (QED) is 0.672. The Morgan fingerprint density at radius 1 is 1.36 bits per heavy atom. The zero-order valence-electron chi connectivity index (χ0n) is 8.66. The fraction of sp³-hybridized carbons (Fsp3) is 0.364. The third kappa shape index (κ3) is 2.05. The Morgan fingerprint density at radius 3 is 2.36 bits per heavy atom. The summed E-state index contributed by atoms with van der Waals surface area (Å²) in [7, 11) is 0. The van der Waals surface area contributed by atoms with E-state index in [0.29, 0.717) is 5.69 Å². The second-order valence-corrected chi connectivity index (χ2v) is 4.36. The largest absolute Gasteiger partial charge is 0.478 e. The van der Waals surface area contributed by atoms with Crippen LogP contribution in [0, 0.1) is 0 Å². The van der Waals surface area contributed by atoms with Crippen LogP contribution in [-0.2, 0) is 5.41 Å². The second-order valence-electron chi connectivity index (χ2n) is 4.36. The molecule has 14 heavy (non-hydrogen) atoms. The number of anilines is 1. The Balaban J connectivity index is 3.27. The van der Waals surface area contributed by atoms with Gasteiger partial charge in [-0.25, -0.2) is 4.79 Å². The van der Waals surface area contributed by atoms with Crippen molar-refractivity contribution < 1.29 is 9.90 Å². The van der Waals surface area contributed by atoms with Crippen LogP contribution in [-0.4, -0.2) is 11.1 Å². The molecule has 3 heteroatoms. The minimum Gasteiger partial charge on any atom is -0.478 e. The van der Waals surface area contributed by atoms with Crippen LogP contribution in [0.4, 0.5) is 5.69 Å². The zero-order valence-corrected chi connectivity index (χ0v) is 8.66. The third-order valence-corrected chi connectivity index (χ3v) is 2.15. The molecule has 76 valence electrons. The summed E-state index contributed by atoms with van der Waals surface area (Å²) in [5.74, 6) is -0.978. The molecule has 0 saturated heterocycles. The molecule has 0 fully saturated rings. The topological polar surface area (TPSA) is 63.3 Å². The molecule has 3 nitrogen and oxygen atoms in total. The van der Waals surface area contributed by atoms with Crippen molar-refractivity contribution in [3.63, 3.8) is 0 Å². The molecule has 0 aliphatic heterocycles. The molecule has 3 N–H and O–H groups in total. The van der Waals surface area contributed by atoms with Gasteiger partial charge in [-0.2, -0.15) is 0 Å². The molecule has 0 bridgehead atoms. The molecule has 0 saturated carbocycles. The Kier molecular flexibility index (Phi) is 2.51. The van der Waals surface area contributed by atoms with E-state index in [-0.39, 0.29) is 11.0 Å². The summed E-state index contributed by atoms with van der Waals surface area (Å²) < 4.78 is 0. The van der Waals surface area contributed by atoms with Crippen molar-refractivity contribution in [2.24, 2.45) is 0 Å². The van der Waals surface area contributed by atoms with E-state index in [4.69, 9.17) is 10.8 Å². The summed E-state index contributed by atoms with van der Waals surface area (Å²) in [6.45, 7) is 6.10. The van der Waals surface area contributed by atoms with Crippen molar-refractivity contribution in [3.05, 3.63) is 29.3 Å². The standard InChI is InChI=1S/C11H15NO2/c1-11(2,3)7-4-5-9(12)8(6-7)10(13)14/h4-6H,12H2,1-3H3,(H,13,14). The van der Waals surface area contributed by atoms with Gasteiger partial charge in [0.1, 0.15) is 0 Å². The number of nitrogens with two attached hydrogens (primary N) is 1. The number of benzene rings is 1. The first kappa shape index (κ1) is 10.6. The number of carboxylic acid groups (broad SMARTS) is 1. The van der Waals surface area contributed by atoms with Crippen LogP contribution in [0.2, 0.25) is 0 Å². The van der Waals surface area contributed by atoms with E-state index in [1.54, 1.807) is 12.1 Å². The van der Waals surface area contributed by atoms with Crippen molar-refractivity contribution in [1.29, 1.82) is 0 Å². The molecule has 1 rings (SSSR count). The Morgan fingerprint density at radius 2 is 1.93 bits per heavy atom. The van der Waals surface area contributed by atoms with Gasteiger partial charge in [-0.05, 0) is 23.1 Å². The number of nitrogen functional groups attached to an aromatic ring is 1. The number of aromatic carboxylic acids is 1. The minimum absolute atomic E-state index is 0.0576. The summed E-state index contributed by atoms with van der Waals surface area (Å²) in [4.78, 5) is 10.8. The summed E-state index contributed by atoms with van der Waals surface area (Å²) in [5.41, 5.74) is 6.96. The molecule has 0 unspecified atom stereocenters. The molecule has 0 amide bonds. The van der Waals surface area contributed by atoms with Crippen molar-refractivity contribution in [1.82, 2.24) is 0 Å². The van der Waals surface area contributed by atoms with Gasteiger partial charge in [-0.3, -0.25) is 0 Å². The molecule has 0 aliphatic rings. The van der Waals surface area contributed by atoms with Crippen LogP contribution in [0.5, 0.6) is 0 Å². The van der Waals surface area contributed by atoms with Crippen LogP contribution >= 0.6 is 0 Å². The fourth-order valence-electron chi connectivity index (χ4n) is 1.21. The molecule has 1 aromatic carbocycles. The van der Waals surface area contributed by atoms with Crippen LogP contribution in [0.3, 0.4) is 0 Å². The van der Waals surface area contributed by atoms with Crippen molar-refractivity contribution >= 4 is 11.7 Å². The second kappa shape index (κ2) is 3.33. The first-order chi connectivity index (χ1) is 6.32. The van der Waals surface area contributed by atoms with E-state index in [1.165, 1.54) is 0 Å². The van der Waals surface area contributed by atoms with E-state index >= 15 is 0 Å². The van der Waals surface area contributed by atoms with Crippen molar-refractivity contribution in [2.75, 3.05) is 5.73 Å². The zero-order chi connectivity index (χ0) is 10.9. The van der Waals surface area contributed by atoms with Gasteiger partial charge >= 0.3 is 5.97 Å². The maximum Gasteiger partial charge on any atom is 0.337 e. The van der Waals surface area contributed by atoms with E-state index in [1.807, 2.05) is 26.8 Å². The number of carbonyl (C=O) groups is 1. The fourth-order valence-corrected chi connectivity index (χ4v) is 1.21. The Bertz CT molecular complexity index is 364. The number of rotatable bonds is 1. The monoisotopic (exact) mass is 193 g/mol. The first-order valence-electron chi connectivity index (χ1n) is 4.45. The average Bonchev–Trinajstić information content (AvgIpc) is 2.02. The van der Waals surface area contributed by atoms with Crippen LogP contribution in [0.1, 0.15) is 36.7 Å². The molecule has 0 aliphatic carbocycles. The highest BCUT2D eigenvalue weighted by Gasteiger charge is 2.17. The van der Waals surface area contributed by atoms with Crippen LogP contribution in [0.25, 0.3) is 0 Å². The number of hydrogen-bond acceptors (Lipinski definition) is 2. The van der Waals surface area contributed by atoms with Crippen LogP contribution in [0.15, 0.2) is 18.2 Å². The lowest BCUT2D eigenvalue weighted by Gasteiger charge is -2.19. The van der Waals surface area contributed by atoms with E-state index in [0.717, 1.165) is 5.56 Å². The van der Waals surface area contributed by atoms with Crippen molar-refractivity contribution in [3.8, 4) is 0 Å². The van der Waals surface area contributed by atoms with Gasteiger partial charge in [0.15, 0.2) is 0 Å². The summed E-state index contributed by atoms with van der Waals surface area (Å²) in [5, 5.41) is 8.88.